The third-order valence-electron chi connectivity index (χ3n) is 4.51. The van der Waals surface area contributed by atoms with E-state index in [1.807, 2.05) is 30.5 Å². The molecule has 24 heavy (non-hydrogen) atoms. The Labute approximate surface area is 144 Å². The lowest BCUT2D eigenvalue weighted by atomic mass is 10.1. The van der Waals surface area contributed by atoms with E-state index in [2.05, 4.69) is 41.3 Å². The van der Waals surface area contributed by atoms with Crippen LogP contribution in [0.1, 0.15) is 16.7 Å². The number of ether oxygens (including phenoxy) is 1. The van der Waals surface area contributed by atoms with Crippen molar-refractivity contribution in [3.05, 3.63) is 65.2 Å². The van der Waals surface area contributed by atoms with E-state index in [1.165, 1.54) is 11.1 Å². The standard InChI is InChI=1S/C20H25N3O/c1-17-3-5-19(6-4-17)16-22-11-13-23(14-12-22)21-15-18-7-9-20(24-2)10-8-18/h3-10,15H,11-14,16H2,1-2H3/p+1/b21-15+. The zero-order chi connectivity index (χ0) is 16.8. The number of benzene rings is 2. The molecule has 0 saturated carbocycles. The van der Waals surface area contributed by atoms with Crippen molar-refractivity contribution in [1.82, 2.24) is 5.01 Å². The molecule has 0 radical (unpaired) electrons. The van der Waals surface area contributed by atoms with E-state index in [-0.39, 0.29) is 0 Å². The third-order valence-corrected chi connectivity index (χ3v) is 4.51. The molecule has 2 aromatic carbocycles. The Morgan fingerprint density at radius 1 is 1.04 bits per heavy atom. The zero-order valence-corrected chi connectivity index (χ0v) is 14.5. The van der Waals surface area contributed by atoms with Crippen molar-refractivity contribution in [3.63, 3.8) is 0 Å². The summed E-state index contributed by atoms with van der Waals surface area (Å²) in [5, 5.41) is 6.79. The van der Waals surface area contributed by atoms with Crippen LogP contribution in [0.3, 0.4) is 0 Å². The number of quaternary nitrogens is 1. The van der Waals surface area contributed by atoms with Gasteiger partial charge in [0.05, 0.1) is 39.5 Å². The fraction of sp³-hybridized carbons (Fsp3) is 0.350. The van der Waals surface area contributed by atoms with Crippen molar-refractivity contribution in [1.29, 1.82) is 0 Å². The van der Waals surface area contributed by atoms with Crippen LogP contribution in [0.15, 0.2) is 53.6 Å². The highest BCUT2D eigenvalue weighted by Gasteiger charge is 2.18. The topological polar surface area (TPSA) is 29.3 Å². The van der Waals surface area contributed by atoms with E-state index >= 15 is 0 Å². The fourth-order valence-corrected chi connectivity index (χ4v) is 2.94. The molecule has 0 unspecified atom stereocenters. The number of hydrazone groups is 1. The lowest BCUT2D eigenvalue weighted by molar-refractivity contribution is -0.918. The van der Waals surface area contributed by atoms with E-state index in [4.69, 9.17) is 4.74 Å². The molecule has 1 aliphatic rings. The molecular formula is C20H26N3O+. The number of hydrogen-bond donors (Lipinski definition) is 1. The van der Waals surface area contributed by atoms with E-state index in [0.717, 1.165) is 44.0 Å². The van der Waals surface area contributed by atoms with E-state index in [1.54, 1.807) is 12.0 Å². The van der Waals surface area contributed by atoms with Gasteiger partial charge >= 0.3 is 0 Å². The summed E-state index contributed by atoms with van der Waals surface area (Å²) in [4.78, 5) is 1.63. The summed E-state index contributed by atoms with van der Waals surface area (Å²) in [5.74, 6) is 0.875. The Balaban J connectivity index is 1.47. The van der Waals surface area contributed by atoms with Crippen molar-refractivity contribution in [3.8, 4) is 5.75 Å². The third kappa shape index (κ3) is 4.59. The maximum Gasteiger partial charge on any atom is 0.118 e. The fourth-order valence-electron chi connectivity index (χ4n) is 2.94. The molecular weight excluding hydrogens is 298 g/mol. The van der Waals surface area contributed by atoms with Gasteiger partial charge in [0.2, 0.25) is 0 Å². The first kappa shape index (κ1) is 16.5. The molecule has 0 bridgehead atoms. The summed E-state index contributed by atoms with van der Waals surface area (Å²) in [6.45, 7) is 7.52. The van der Waals surface area contributed by atoms with E-state index in [0.29, 0.717) is 0 Å². The second-order valence-corrected chi connectivity index (χ2v) is 6.38. The average Bonchev–Trinajstić information content (AvgIpc) is 2.63. The predicted molar refractivity (Wildman–Crippen MR) is 97.7 cm³/mol. The SMILES string of the molecule is COc1ccc(/C=N/N2CC[NH+](Cc3ccc(C)cc3)CC2)cc1. The summed E-state index contributed by atoms with van der Waals surface area (Å²) in [7, 11) is 1.68. The highest BCUT2D eigenvalue weighted by atomic mass is 16.5. The zero-order valence-electron chi connectivity index (χ0n) is 14.5. The molecule has 4 heteroatoms. The van der Waals surface area contributed by atoms with Gasteiger partial charge in [-0.05, 0) is 36.8 Å². The van der Waals surface area contributed by atoms with Crippen LogP contribution in [0.25, 0.3) is 0 Å². The van der Waals surface area contributed by atoms with Crippen LogP contribution in [0.4, 0.5) is 0 Å². The summed E-state index contributed by atoms with van der Waals surface area (Å²) >= 11 is 0. The number of rotatable bonds is 5. The Bertz CT molecular complexity index is 656. The van der Waals surface area contributed by atoms with Gasteiger partial charge in [-0.3, -0.25) is 5.01 Å². The van der Waals surface area contributed by atoms with E-state index < -0.39 is 0 Å². The Kier molecular flexibility index (Phi) is 5.49. The van der Waals surface area contributed by atoms with Gasteiger partial charge in [0.25, 0.3) is 0 Å². The predicted octanol–water partition coefficient (Wildman–Crippen LogP) is 1.74. The summed E-state index contributed by atoms with van der Waals surface area (Å²) in [5.41, 5.74) is 3.85. The Morgan fingerprint density at radius 3 is 2.33 bits per heavy atom. The molecule has 0 aromatic heterocycles. The van der Waals surface area contributed by atoms with Crippen LogP contribution < -0.4 is 9.64 Å². The number of nitrogens with one attached hydrogen (secondary N) is 1. The largest absolute Gasteiger partial charge is 0.497 e. The minimum absolute atomic E-state index is 0.875. The summed E-state index contributed by atoms with van der Waals surface area (Å²) in [6.07, 6.45) is 1.93. The molecule has 1 heterocycles. The number of aryl methyl sites for hydroxylation is 1. The van der Waals surface area contributed by atoms with Gasteiger partial charge in [-0.15, -0.1) is 0 Å². The number of methoxy groups -OCH3 is 1. The first-order chi connectivity index (χ1) is 11.7. The minimum atomic E-state index is 0.875. The first-order valence-corrected chi connectivity index (χ1v) is 8.55. The normalized spacial score (nSPS) is 15.8. The average molecular weight is 324 g/mol. The molecule has 126 valence electrons. The molecule has 1 aliphatic heterocycles. The lowest BCUT2D eigenvalue weighted by Gasteiger charge is -2.30. The van der Waals surface area contributed by atoms with Gasteiger partial charge in [-0.1, -0.05) is 29.8 Å². The second-order valence-electron chi connectivity index (χ2n) is 6.38. The molecule has 0 amide bonds. The molecule has 0 aliphatic carbocycles. The summed E-state index contributed by atoms with van der Waals surface area (Å²) < 4.78 is 5.17. The maximum absolute atomic E-state index is 5.17. The van der Waals surface area contributed by atoms with Crippen LogP contribution in [-0.2, 0) is 6.54 Å². The quantitative estimate of drug-likeness (QED) is 0.849. The van der Waals surface area contributed by atoms with Gasteiger partial charge < -0.3 is 9.64 Å². The van der Waals surface area contributed by atoms with Crippen LogP contribution in [0.2, 0.25) is 0 Å². The molecule has 1 fully saturated rings. The minimum Gasteiger partial charge on any atom is -0.497 e. The van der Waals surface area contributed by atoms with Crippen LogP contribution in [0, 0.1) is 6.92 Å². The van der Waals surface area contributed by atoms with Crippen molar-refractivity contribution >= 4 is 6.21 Å². The molecule has 1 saturated heterocycles. The second kappa shape index (κ2) is 7.97. The van der Waals surface area contributed by atoms with Crippen LogP contribution in [-0.4, -0.2) is 44.5 Å². The van der Waals surface area contributed by atoms with Gasteiger partial charge in [-0.2, -0.15) is 5.10 Å². The molecule has 0 atom stereocenters. The molecule has 4 nitrogen and oxygen atoms in total. The number of piperazine rings is 1. The molecule has 3 rings (SSSR count). The van der Waals surface area contributed by atoms with Crippen LogP contribution in [0.5, 0.6) is 5.75 Å². The Morgan fingerprint density at radius 2 is 1.71 bits per heavy atom. The molecule has 0 spiro atoms. The molecule has 2 aromatic rings. The lowest BCUT2D eigenvalue weighted by Crippen LogP contribution is -3.13. The Hall–Kier alpha value is -2.33. The summed E-state index contributed by atoms with van der Waals surface area (Å²) in [6, 6.07) is 16.9. The highest BCUT2D eigenvalue weighted by molar-refractivity contribution is 5.79. The number of hydrogen-bond acceptors (Lipinski definition) is 3. The van der Waals surface area contributed by atoms with Crippen molar-refractivity contribution in [2.75, 3.05) is 33.3 Å². The van der Waals surface area contributed by atoms with Crippen molar-refractivity contribution in [2.45, 2.75) is 13.5 Å². The van der Waals surface area contributed by atoms with Crippen LogP contribution >= 0.6 is 0 Å². The van der Waals surface area contributed by atoms with Gasteiger partial charge in [0.15, 0.2) is 0 Å². The molecule has 1 N–H and O–H groups in total. The number of nitrogens with zero attached hydrogens (tertiary/aromatic N) is 2. The van der Waals surface area contributed by atoms with Gasteiger partial charge in [-0.25, -0.2) is 0 Å². The van der Waals surface area contributed by atoms with Crippen molar-refractivity contribution < 1.29 is 9.64 Å². The smallest absolute Gasteiger partial charge is 0.118 e. The van der Waals surface area contributed by atoms with E-state index in [9.17, 15) is 0 Å². The van der Waals surface area contributed by atoms with Crippen molar-refractivity contribution in [2.24, 2.45) is 5.10 Å². The maximum atomic E-state index is 5.17. The first-order valence-electron chi connectivity index (χ1n) is 8.55. The monoisotopic (exact) mass is 324 g/mol. The van der Waals surface area contributed by atoms with Gasteiger partial charge in [0, 0.05) is 5.56 Å². The highest BCUT2D eigenvalue weighted by Crippen LogP contribution is 2.10. The van der Waals surface area contributed by atoms with Gasteiger partial charge in [0.1, 0.15) is 12.3 Å².